The number of nitrogens with one attached hydrogen (secondary N) is 1. The van der Waals surface area contributed by atoms with E-state index in [9.17, 15) is 0 Å². The largest absolute Gasteiger partial charge is 0.495 e. The van der Waals surface area contributed by atoms with Gasteiger partial charge in [-0.05, 0) is 30.9 Å². The summed E-state index contributed by atoms with van der Waals surface area (Å²) in [5, 5.41) is 3.22. The minimum atomic E-state index is 0. The Morgan fingerprint density at radius 1 is 1.32 bits per heavy atom. The summed E-state index contributed by atoms with van der Waals surface area (Å²) >= 11 is 0. The van der Waals surface area contributed by atoms with E-state index in [1.54, 1.807) is 7.11 Å². The Labute approximate surface area is 169 Å². The molecule has 1 aliphatic rings. The number of halogens is 1. The maximum absolute atomic E-state index is 5.96. The fourth-order valence-corrected chi connectivity index (χ4v) is 3.14. The topological polar surface area (TPSA) is 62.9 Å². The average molecular weight is 460 g/mol. The van der Waals surface area contributed by atoms with Gasteiger partial charge in [0.25, 0.3) is 0 Å². The van der Waals surface area contributed by atoms with Crippen LogP contribution in [0.2, 0.25) is 0 Å². The maximum Gasteiger partial charge on any atom is 0.188 e. The quantitative estimate of drug-likeness (QED) is 0.256. The SMILES string of the molecule is CCCCCCNC(N)=NCC1CCN(c2ccccc2OC)C1.I. The molecule has 6 heteroatoms. The van der Waals surface area contributed by atoms with Crippen LogP contribution in [0.4, 0.5) is 5.69 Å². The van der Waals surface area contributed by atoms with Gasteiger partial charge >= 0.3 is 0 Å². The lowest BCUT2D eigenvalue weighted by Gasteiger charge is -2.21. The van der Waals surface area contributed by atoms with Crippen molar-refractivity contribution >= 4 is 35.6 Å². The van der Waals surface area contributed by atoms with Crippen LogP contribution in [-0.2, 0) is 0 Å². The fourth-order valence-electron chi connectivity index (χ4n) is 3.14. The first kappa shape index (κ1) is 21.9. The zero-order valence-corrected chi connectivity index (χ0v) is 17.9. The molecule has 1 heterocycles. The molecule has 0 bridgehead atoms. The summed E-state index contributed by atoms with van der Waals surface area (Å²) < 4.78 is 5.46. The van der Waals surface area contributed by atoms with Crippen LogP contribution in [-0.4, -0.2) is 39.2 Å². The van der Waals surface area contributed by atoms with Gasteiger partial charge in [0.1, 0.15) is 5.75 Å². The molecular formula is C19H33IN4O. The predicted octanol–water partition coefficient (Wildman–Crippen LogP) is 3.62. The molecule has 1 aromatic rings. The molecule has 0 aromatic heterocycles. The third-order valence-electron chi connectivity index (χ3n) is 4.57. The van der Waals surface area contributed by atoms with E-state index in [4.69, 9.17) is 10.5 Å². The van der Waals surface area contributed by atoms with Gasteiger partial charge in [-0.15, -0.1) is 24.0 Å². The Balaban J connectivity index is 0.00000312. The number of unbranched alkanes of at least 4 members (excludes halogenated alkanes) is 3. The first-order valence-corrected chi connectivity index (χ1v) is 9.16. The Kier molecular flexibility index (Phi) is 10.7. The summed E-state index contributed by atoms with van der Waals surface area (Å²) in [5.74, 6) is 2.08. The van der Waals surface area contributed by atoms with E-state index in [0.717, 1.165) is 44.8 Å². The molecule has 1 fully saturated rings. The number of anilines is 1. The number of aliphatic imine (C=N–C) groups is 1. The van der Waals surface area contributed by atoms with Crippen molar-refractivity contribution in [3.05, 3.63) is 24.3 Å². The third kappa shape index (κ3) is 7.30. The third-order valence-corrected chi connectivity index (χ3v) is 4.57. The van der Waals surface area contributed by atoms with E-state index in [1.165, 1.54) is 24.9 Å². The molecule has 0 saturated carbocycles. The Bertz CT molecular complexity index is 524. The molecule has 1 atom stereocenters. The second-order valence-corrected chi connectivity index (χ2v) is 6.49. The minimum Gasteiger partial charge on any atom is -0.495 e. The number of benzene rings is 1. The van der Waals surface area contributed by atoms with Gasteiger partial charge in [-0.3, -0.25) is 4.99 Å². The molecule has 1 aromatic carbocycles. The number of hydrogen-bond donors (Lipinski definition) is 2. The van der Waals surface area contributed by atoms with Gasteiger partial charge in [-0.2, -0.15) is 0 Å². The van der Waals surface area contributed by atoms with Crippen molar-refractivity contribution in [2.24, 2.45) is 16.6 Å². The van der Waals surface area contributed by atoms with E-state index < -0.39 is 0 Å². The molecule has 1 unspecified atom stereocenters. The van der Waals surface area contributed by atoms with Crippen molar-refractivity contribution in [1.82, 2.24) is 5.32 Å². The zero-order valence-electron chi connectivity index (χ0n) is 15.5. The lowest BCUT2D eigenvalue weighted by Crippen LogP contribution is -2.33. The fraction of sp³-hybridized carbons (Fsp3) is 0.632. The maximum atomic E-state index is 5.96. The summed E-state index contributed by atoms with van der Waals surface area (Å²) in [5.41, 5.74) is 7.14. The normalized spacial score (nSPS) is 17.3. The van der Waals surface area contributed by atoms with E-state index in [2.05, 4.69) is 34.3 Å². The van der Waals surface area contributed by atoms with Gasteiger partial charge in [0.2, 0.25) is 0 Å². The van der Waals surface area contributed by atoms with Crippen LogP contribution in [0.25, 0.3) is 0 Å². The summed E-state index contributed by atoms with van der Waals surface area (Å²) in [6.45, 7) is 5.99. The highest BCUT2D eigenvalue weighted by Gasteiger charge is 2.24. The smallest absolute Gasteiger partial charge is 0.188 e. The van der Waals surface area contributed by atoms with Crippen LogP contribution in [0.5, 0.6) is 5.75 Å². The average Bonchev–Trinajstić information content (AvgIpc) is 3.08. The number of nitrogens with zero attached hydrogens (tertiary/aromatic N) is 2. The molecule has 25 heavy (non-hydrogen) atoms. The molecule has 142 valence electrons. The van der Waals surface area contributed by atoms with Gasteiger partial charge < -0.3 is 20.7 Å². The van der Waals surface area contributed by atoms with Crippen molar-refractivity contribution in [2.75, 3.05) is 38.2 Å². The van der Waals surface area contributed by atoms with Crippen molar-refractivity contribution in [3.8, 4) is 5.75 Å². The highest BCUT2D eigenvalue weighted by molar-refractivity contribution is 14.0. The monoisotopic (exact) mass is 460 g/mol. The summed E-state index contributed by atoms with van der Waals surface area (Å²) in [6, 6.07) is 8.20. The van der Waals surface area contributed by atoms with Crippen LogP contribution < -0.4 is 20.7 Å². The lowest BCUT2D eigenvalue weighted by molar-refractivity contribution is 0.414. The van der Waals surface area contributed by atoms with E-state index in [-0.39, 0.29) is 24.0 Å². The van der Waals surface area contributed by atoms with E-state index >= 15 is 0 Å². The molecule has 5 nitrogen and oxygen atoms in total. The first-order valence-electron chi connectivity index (χ1n) is 9.16. The van der Waals surface area contributed by atoms with Crippen molar-refractivity contribution in [3.63, 3.8) is 0 Å². The van der Waals surface area contributed by atoms with Crippen LogP contribution >= 0.6 is 24.0 Å². The molecular weight excluding hydrogens is 427 g/mol. The molecule has 2 rings (SSSR count). The van der Waals surface area contributed by atoms with Gasteiger partial charge in [0, 0.05) is 26.2 Å². The van der Waals surface area contributed by atoms with Gasteiger partial charge in [0.05, 0.1) is 12.8 Å². The summed E-state index contributed by atoms with van der Waals surface area (Å²) in [6.07, 6.45) is 6.11. The van der Waals surface area contributed by atoms with Crippen molar-refractivity contribution in [1.29, 1.82) is 0 Å². The number of nitrogens with two attached hydrogens (primary N) is 1. The number of methoxy groups -OCH3 is 1. The number of guanidine groups is 1. The molecule has 0 spiro atoms. The molecule has 1 aliphatic heterocycles. The number of rotatable bonds is 9. The molecule has 0 amide bonds. The zero-order chi connectivity index (χ0) is 17.2. The lowest BCUT2D eigenvalue weighted by atomic mass is 10.1. The molecule has 0 aliphatic carbocycles. The Morgan fingerprint density at radius 2 is 2.12 bits per heavy atom. The first-order chi connectivity index (χ1) is 11.7. The van der Waals surface area contributed by atoms with Crippen LogP contribution in [0.15, 0.2) is 29.3 Å². The Morgan fingerprint density at radius 3 is 2.88 bits per heavy atom. The number of hydrogen-bond acceptors (Lipinski definition) is 3. The van der Waals surface area contributed by atoms with Gasteiger partial charge in [0.15, 0.2) is 5.96 Å². The Hall–Kier alpha value is -1.18. The molecule has 0 radical (unpaired) electrons. The van der Waals surface area contributed by atoms with E-state index in [1.807, 2.05) is 12.1 Å². The summed E-state index contributed by atoms with van der Waals surface area (Å²) in [7, 11) is 1.73. The van der Waals surface area contributed by atoms with Crippen LogP contribution in [0.1, 0.15) is 39.0 Å². The van der Waals surface area contributed by atoms with Crippen molar-refractivity contribution in [2.45, 2.75) is 39.0 Å². The second kappa shape index (κ2) is 12.2. The second-order valence-electron chi connectivity index (χ2n) is 6.49. The minimum absolute atomic E-state index is 0. The van der Waals surface area contributed by atoms with Crippen LogP contribution in [0.3, 0.4) is 0 Å². The van der Waals surface area contributed by atoms with Gasteiger partial charge in [-0.25, -0.2) is 0 Å². The highest BCUT2D eigenvalue weighted by Crippen LogP contribution is 2.31. The molecule has 3 N–H and O–H groups in total. The molecule has 1 saturated heterocycles. The number of ether oxygens (including phenoxy) is 1. The number of para-hydroxylation sites is 2. The summed E-state index contributed by atoms with van der Waals surface area (Å²) in [4.78, 5) is 6.90. The van der Waals surface area contributed by atoms with Crippen molar-refractivity contribution < 1.29 is 4.74 Å². The van der Waals surface area contributed by atoms with Crippen LogP contribution in [0, 0.1) is 5.92 Å². The van der Waals surface area contributed by atoms with E-state index in [0.29, 0.717) is 11.9 Å². The highest BCUT2D eigenvalue weighted by atomic mass is 127. The van der Waals surface area contributed by atoms with Gasteiger partial charge in [-0.1, -0.05) is 38.3 Å². The predicted molar refractivity (Wildman–Crippen MR) is 117 cm³/mol. The standard InChI is InChI=1S/C19H32N4O.HI/c1-3-4-5-8-12-21-19(20)22-14-16-11-13-23(15-16)17-9-6-7-10-18(17)24-2;/h6-7,9-10,16H,3-5,8,11-15H2,1-2H3,(H3,20,21,22);1H.